The molecule has 0 aliphatic carbocycles. The van der Waals surface area contributed by atoms with E-state index in [1.807, 2.05) is 56.1 Å². The monoisotopic (exact) mass is 274 g/mol. The molecule has 1 atom stereocenters. The van der Waals surface area contributed by atoms with Crippen molar-refractivity contribution in [3.63, 3.8) is 0 Å². The molecule has 0 radical (unpaired) electrons. The predicted molar refractivity (Wildman–Crippen MR) is 78.2 cm³/mol. The van der Waals surface area contributed by atoms with Crippen LogP contribution in [0.4, 0.5) is 0 Å². The van der Waals surface area contributed by atoms with E-state index in [-0.39, 0.29) is 23.7 Å². The second kappa shape index (κ2) is 6.18. The first-order valence-electron chi connectivity index (χ1n) is 7.07. The molecule has 1 aliphatic heterocycles. The number of ketones is 1. The molecule has 1 saturated heterocycles. The Hall–Kier alpha value is -1.68. The van der Waals surface area contributed by atoms with Crippen molar-refractivity contribution in [2.24, 2.45) is 5.92 Å². The van der Waals surface area contributed by atoms with Crippen LogP contribution in [0.2, 0.25) is 0 Å². The minimum absolute atomic E-state index is 0.0463. The van der Waals surface area contributed by atoms with Crippen LogP contribution >= 0.6 is 0 Å². The second-order valence-electron chi connectivity index (χ2n) is 5.66. The number of rotatable bonds is 4. The van der Waals surface area contributed by atoms with E-state index in [1.54, 1.807) is 4.90 Å². The molecule has 0 spiro atoms. The number of benzene rings is 1. The number of hydrogen-bond donors (Lipinski definition) is 0. The highest BCUT2D eigenvalue weighted by atomic mass is 16.2. The molecule has 4 nitrogen and oxygen atoms in total. The molecular weight excluding hydrogens is 252 g/mol. The lowest BCUT2D eigenvalue weighted by Crippen LogP contribution is -2.51. The van der Waals surface area contributed by atoms with Crippen LogP contribution in [0.25, 0.3) is 0 Å². The predicted octanol–water partition coefficient (Wildman–Crippen LogP) is 1.73. The number of carbonyl (C=O) groups is 2. The van der Waals surface area contributed by atoms with Crippen LogP contribution < -0.4 is 0 Å². The third kappa shape index (κ3) is 3.07. The van der Waals surface area contributed by atoms with Crippen molar-refractivity contribution in [2.75, 3.05) is 26.7 Å². The van der Waals surface area contributed by atoms with Gasteiger partial charge in [-0.3, -0.25) is 14.5 Å². The minimum atomic E-state index is -0.311. The van der Waals surface area contributed by atoms with Crippen molar-refractivity contribution in [3.8, 4) is 0 Å². The molecule has 0 bridgehead atoms. The lowest BCUT2D eigenvalue weighted by molar-refractivity contribution is -0.138. The minimum Gasteiger partial charge on any atom is -0.343 e. The maximum atomic E-state index is 12.6. The molecule has 1 aromatic carbocycles. The second-order valence-corrected chi connectivity index (χ2v) is 5.66. The molecule has 1 fully saturated rings. The smallest absolute Gasteiger partial charge is 0.236 e. The average Bonchev–Trinajstić information content (AvgIpc) is 2.44. The molecule has 108 valence electrons. The largest absolute Gasteiger partial charge is 0.343 e. The molecule has 0 N–H and O–H groups in total. The zero-order valence-electron chi connectivity index (χ0n) is 12.4. The number of Topliss-reactive ketones (excluding diaryl/α,β-unsaturated/α-hetero) is 1. The van der Waals surface area contributed by atoms with Crippen molar-refractivity contribution in [1.82, 2.24) is 9.80 Å². The summed E-state index contributed by atoms with van der Waals surface area (Å²) in [5, 5.41) is 0. The van der Waals surface area contributed by atoms with Crippen molar-refractivity contribution in [3.05, 3.63) is 35.9 Å². The molecule has 2 rings (SSSR count). The van der Waals surface area contributed by atoms with E-state index >= 15 is 0 Å². The number of piperazine rings is 1. The van der Waals surface area contributed by atoms with E-state index in [2.05, 4.69) is 0 Å². The lowest BCUT2D eigenvalue weighted by Gasteiger charge is -2.37. The normalized spacial score (nSPS) is 18.4. The first-order valence-corrected chi connectivity index (χ1v) is 7.07. The fourth-order valence-corrected chi connectivity index (χ4v) is 2.50. The van der Waals surface area contributed by atoms with Gasteiger partial charge in [0.1, 0.15) is 0 Å². The fraction of sp³-hybridized carbons (Fsp3) is 0.500. The van der Waals surface area contributed by atoms with Gasteiger partial charge in [0.2, 0.25) is 5.91 Å². The van der Waals surface area contributed by atoms with Crippen molar-refractivity contribution < 1.29 is 9.59 Å². The highest BCUT2D eigenvalue weighted by Gasteiger charge is 2.33. The Kier molecular flexibility index (Phi) is 4.55. The van der Waals surface area contributed by atoms with E-state index in [1.165, 1.54) is 0 Å². The number of carbonyl (C=O) groups excluding carboxylic acids is 2. The quantitative estimate of drug-likeness (QED) is 0.839. The summed E-state index contributed by atoms with van der Waals surface area (Å²) in [7, 11) is 1.81. The fourth-order valence-electron chi connectivity index (χ4n) is 2.50. The van der Waals surface area contributed by atoms with Gasteiger partial charge in [0.05, 0.1) is 12.6 Å². The van der Waals surface area contributed by atoms with Crippen LogP contribution in [0, 0.1) is 5.92 Å². The van der Waals surface area contributed by atoms with Crippen LogP contribution in [0.1, 0.15) is 25.5 Å². The van der Waals surface area contributed by atoms with Gasteiger partial charge >= 0.3 is 0 Å². The van der Waals surface area contributed by atoms with Gasteiger partial charge in [-0.05, 0) is 5.56 Å². The third-order valence-corrected chi connectivity index (χ3v) is 3.81. The van der Waals surface area contributed by atoms with E-state index < -0.39 is 0 Å². The number of likely N-dealkylation sites (N-methyl/N-ethyl adjacent to an activating group) is 1. The molecule has 1 heterocycles. The van der Waals surface area contributed by atoms with Gasteiger partial charge in [0, 0.05) is 26.1 Å². The maximum absolute atomic E-state index is 12.6. The van der Waals surface area contributed by atoms with Gasteiger partial charge in [-0.25, -0.2) is 0 Å². The molecule has 1 aromatic rings. The summed E-state index contributed by atoms with van der Waals surface area (Å²) in [5.41, 5.74) is 0.976. The van der Waals surface area contributed by atoms with Gasteiger partial charge in [-0.15, -0.1) is 0 Å². The summed E-state index contributed by atoms with van der Waals surface area (Å²) in [6.07, 6.45) is 0. The van der Waals surface area contributed by atoms with Crippen LogP contribution in [-0.4, -0.2) is 48.2 Å². The summed E-state index contributed by atoms with van der Waals surface area (Å²) < 4.78 is 0. The summed E-state index contributed by atoms with van der Waals surface area (Å²) >= 11 is 0. The summed E-state index contributed by atoms with van der Waals surface area (Å²) in [6, 6.07) is 9.44. The van der Waals surface area contributed by atoms with E-state index in [4.69, 9.17) is 0 Å². The molecule has 1 unspecified atom stereocenters. The van der Waals surface area contributed by atoms with Gasteiger partial charge in [0.25, 0.3) is 0 Å². The van der Waals surface area contributed by atoms with Crippen molar-refractivity contribution >= 4 is 11.7 Å². The highest BCUT2D eigenvalue weighted by molar-refractivity contribution is 5.88. The summed E-state index contributed by atoms with van der Waals surface area (Å²) in [4.78, 5) is 28.2. The Balaban J connectivity index is 2.28. The molecular formula is C16H22N2O2. The maximum Gasteiger partial charge on any atom is 0.236 e. The first kappa shape index (κ1) is 14.7. The Bertz CT molecular complexity index is 485. The van der Waals surface area contributed by atoms with Crippen molar-refractivity contribution in [1.29, 1.82) is 0 Å². The van der Waals surface area contributed by atoms with Gasteiger partial charge in [0.15, 0.2) is 5.78 Å². The van der Waals surface area contributed by atoms with Crippen molar-refractivity contribution in [2.45, 2.75) is 19.9 Å². The van der Waals surface area contributed by atoms with Crippen LogP contribution in [0.5, 0.6) is 0 Å². The average molecular weight is 274 g/mol. The zero-order chi connectivity index (χ0) is 14.7. The molecule has 0 aromatic heterocycles. The van der Waals surface area contributed by atoms with Crippen LogP contribution in [-0.2, 0) is 9.59 Å². The highest BCUT2D eigenvalue weighted by Crippen LogP contribution is 2.26. The number of hydrogen-bond acceptors (Lipinski definition) is 3. The molecule has 1 amide bonds. The Morgan fingerprint density at radius 1 is 1.15 bits per heavy atom. The van der Waals surface area contributed by atoms with E-state index in [9.17, 15) is 9.59 Å². The van der Waals surface area contributed by atoms with E-state index in [0.29, 0.717) is 13.1 Å². The van der Waals surface area contributed by atoms with Crippen LogP contribution in [0.3, 0.4) is 0 Å². The Morgan fingerprint density at radius 2 is 1.80 bits per heavy atom. The number of nitrogens with zero attached hydrogens (tertiary/aromatic N) is 2. The molecule has 20 heavy (non-hydrogen) atoms. The first-order chi connectivity index (χ1) is 9.50. The number of amides is 1. The van der Waals surface area contributed by atoms with Gasteiger partial charge in [-0.2, -0.15) is 0 Å². The van der Waals surface area contributed by atoms with E-state index in [0.717, 1.165) is 12.1 Å². The Morgan fingerprint density at radius 3 is 2.35 bits per heavy atom. The zero-order valence-corrected chi connectivity index (χ0v) is 12.4. The topological polar surface area (TPSA) is 40.6 Å². The molecule has 4 heteroatoms. The molecule has 1 aliphatic rings. The van der Waals surface area contributed by atoms with Gasteiger partial charge < -0.3 is 4.90 Å². The Labute approximate surface area is 120 Å². The third-order valence-electron chi connectivity index (χ3n) is 3.81. The summed E-state index contributed by atoms with van der Waals surface area (Å²) in [5.74, 6) is 0.206. The summed E-state index contributed by atoms with van der Waals surface area (Å²) in [6.45, 7) is 5.55. The van der Waals surface area contributed by atoms with Crippen LogP contribution in [0.15, 0.2) is 30.3 Å². The van der Waals surface area contributed by atoms with Gasteiger partial charge in [-0.1, -0.05) is 44.2 Å². The SMILES string of the molecule is CC(C)C(=O)C(c1ccccc1)N1CCN(C)C(=O)C1. The molecule has 0 saturated carbocycles. The lowest BCUT2D eigenvalue weighted by atomic mass is 9.93. The standard InChI is InChI=1S/C16H22N2O2/c1-12(2)16(20)15(13-7-5-4-6-8-13)18-10-9-17(3)14(19)11-18/h4-8,12,15H,9-11H2,1-3H3.